The number of nitrogens with zero attached hydrogens (tertiary/aromatic N) is 1. The summed E-state index contributed by atoms with van der Waals surface area (Å²) in [6.07, 6.45) is -2.80. The zero-order chi connectivity index (χ0) is 29.3. The number of rotatable bonds is 13. The van der Waals surface area contributed by atoms with Crippen LogP contribution in [0, 0.1) is 0 Å². The van der Waals surface area contributed by atoms with Crippen molar-refractivity contribution in [1.29, 1.82) is 0 Å². The number of carbonyl (C=O) groups is 2. The first-order valence-corrected chi connectivity index (χ1v) is 13.6. The van der Waals surface area contributed by atoms with E-state index in [4.69, 9.17) is 29.4 Å². The topological polar surface area (TPSA) is 135 Å². The van der Waals surface area contributed by atoms with Crippen LogP contribution in [0.1, 0.15) is 49.3 Å². The fourth-order valence-electron chi connectivity index (χ4n) is 4.93. The Balaban J connectivity index is 1.47. The summed E-state index contributed by atoms with van der Waals surface area (Å²) in [4.78, 5) is 25.0. The quantitative estimate of drug-likeness (QED) is 0.229. The number of H-pyrrole nitrogens is 1. The highest BCUT2D eigenvalue weighted by Gasteiger charge is 2.49. The predicted molar refractivity (Wildman–Crippen MR) is 152 cm³/mol. The molecule has 218 valence electrons. The monoisotopic (exact) mass is 571 g/mol. The number of nitrogens with two attached hydrogens (primary N) is 1. The smallest absolute Gasteiger partial charge is 0.342 e. The number of carbonyl (C=O) groups excluding carboxylic acids is 2. The predicted octanol–water partition coefficient (Wildman–Crippen LogP) is 4.12. The maximum Gasteiger partial charge on any atom is 0.342 e. The van der Waals surface area contributed by atoms with Crippen LogP contribution in [0.2, 0.25) is 0 Å². The van der Waals surface area contributed by atoms with E-state index in [1.54, 1.807) is 0 Å². The van der Waals surface area contributed by atoms with Gasteiger partial charge in [-0.25, -0.2) is 4.79 Å². The number of methoxy groups -OCH3 is 1. The van der Waals surface area contributed by atoms with Crippen molar-refractivity contribution in [3.63, 3.8) is 0 Å². The van der Waals surface area contributed by atoms with Gasteiger partial charge >= 0.3 is 5.97 Å². The van der Waals surface area contributed by atoms with Crippen molar-refractivity contribution in [3.8, 4) is 0 Å². The van der Waals surface area contributed by atoms with Crippen molar-refractivity contribution in [3.05, 3.63) is 125 Å². The van der Waals surface area contributed by atoms with Gasteiger partial charge in [0.05, 0.1) is 39.2 Å². The highest BCUT2D eigenvalue weighted by Crippen LogP contribution is 2.39. The summed E-state index contributed by atoms with van der Waals surface area (Å²) >= 11 is 0. The Morgan fingerprint density at radius 1 is 0.810 bits per heavy atom. The second-order valence-electron chi connectivity index (χ2n) is 9.84. The number of nitrogens with one attached hydrogen (secondary N) is 1. The van der Waals surface area contributed by atoms with E-state index in [0.717, 1.165) is 16.7 Å². The maximum atomic E-state index is 12.8. The molecule has 2 heterocycles. The molecule has 1 aliphatic heterocycles. The molecule has 3 N–H and O–H groups in total. The Kier molecular flexibility index (Phi) is 9.73. The van der Waals surface area contributed by atoms with E-state index in [-0.39, 0.29) is 30.2 Å². The lowest BCUT2D eigenvalue weighted by Gasteiger charge is -2.25. The van der Waals surface area contributed by atoms with Gasteiger partial charge < -0.3 is 29.4 Å². The van der Waals surface area contributed by atoms with E-state index in [9.17, 15) is 9.59 Å². The van der Waals surface area contributed by atoms with Gasteiger partial charge in [0.2, 0.25) is 0 Å². The van der Waals surface area contributed by atoms with Crippen LogP contribution in [0.3, 0.4) is 0 Å². The van der Waals surface area contributed by atoms with Crippen LogP contribution >= 0.6 is 0 Å². The number of amides is 1. The zero-order valence-electron chi connectivity index (χ0n) is 23.2. The fraction of sp³-hybridized carbons (Fsp3) is 0.281. The first kappa shape index (κ1) is 29.2. The van der Waals surface area contributed by atoms with Crippen LogP contribution in [0.25, 0.3) is 0 Å². The molecule has 0 saturated carbocycles. The molecular weight excluding hydrogens is 538 g/mol. The second kappa shape index (κ2) is 14.0. The lowest BCUT2D eigenvalue weighted by atomic mass is 10.0. The summed E-state index contributed by atoms with van der Waals surface area (Å²) in [5.41, 5.74) is 8.33. The molecule has 1 saturated heterocycles. The summed E-state index contributed by atoms with van der Waals surface area (Å²) in [7, 11) is 1.22. The minimum Gasteiger partial charge on any atom is -0.465 e. The number of hydrogen-bond acceptors (Lipinski definition) is 8. The van der Waals surface area contributed by atoms with Crippen molar-refractivity contribution in [1.82, 2.24) is 10.2 Å². The van der Waals surface area contributed by atoms with Gasteiger partial charge in [-0.3, -0.25) is 9.89 Å². The normalized spacial score (nSPS) is 19.9. The average Bonchev–Trinajstić information content (AvgIpc) is 3.62. The van der Waals surface area contributed by atoms with Crippen LogP contribution in [-0.4, -0.2) is 54.1 Å². The van der Waals surface area contributed by atoms with Crippen molar-refractivity contribution < 1.29 is 33.3 Å². The number of esters is 1. The molecule has 0 bridgehead atoms. The van der Waals surface area contributed by atoms with Gasteiger partial charge in [0.1, 0.15) is 30.0 Å². The molecule has 0 aliphatic carbocycles. The first-order chi connectivity index (χ1) is 20.5. The van der Waals surface area contributed by atoms with Crippen LogP contribution in [0.4, 0.5) is 0 Å². The molecule has 4 unspecified atom stereocenters. The molecular formula is C32H33N3O7. The number of hydrogen-bond donors (Lipinski definition) is 2. The molecule has 3 aromatic carbocycles. The molecule has 4 atom stereocenters. The Hall–Kier alpha value is -4.35. The third-order valence-electron chi connectivity index (χ3n) is 6.98. The van der Waals surface area contributed by atoms with Gasteiger partial charge in [0.25, 0.3) is 5.91 Å². The number of primary amides is 1. The van der Waals surface area contributed by atoms with E-state index < -0.39 is 36.3 Å². The number of benzene rings is 3. The Morgan fingerprint density at radius 2 is 1.33 bits per heavy atom. The van der Waals surface area contributed by atoms with Crippen molar-refractivity contribution in [2.45, 2.75) is 44.2 Å². The Labute approximate surface area is 243 Å². The van der Waals surface area contributed by atoms with Crippen molar-refractivity contribution >= 4 is 11.9 Å². The van der Waals surface area contributed by atoms with E-state index in [1.165, 1.54) is 7.11 Å². The van der Waals surface area contributed by atoms with Gasteiger partial charge in [-0.2, -0.15) is 5.10 Å². The molecule has 1 amide bonds. The molecule has 4 aromatic rings. The van der Waals surface area contributed by atoms with Gasteiger partial charge in [0, 0.05) is 0 Å². The molecule has 10 nitrogen and oxygen atoms in total. The van der Waals surface area contributed by atoms with Crippen molar-refractivity contribution in [2.24, 2.45) is 5.73 Å². The molecule has 5 rings (SSSR count). The van der Waals surface area contributed by atoms with E-state index in [0.29, 0.717) is 13.2 Å². The minimum atomic E-state index is -0.880. The first-order valence-electron chi connectivity index (χ1n) is 13.6. The highest BCUT2D eigenvalue weighted by atomic mass is 16.6. The molecule has 1 aromatic heterocycles. The number of aromatic nitrogens is 2. The maximum absolute atomic E-state index is 12.8. The van der Waals surface area contributed by atoms with E-state index >= 15 is 0 Å². The summed E-state index contributed by atoms with van der Waals surface area (Å²) in [6, 6.07) is 29.2. The van der Waals surface area contributed by atoms with E-state index in [1.807, 2.05) is 91.0 Å². The summed E-state index contributed by atoms with van der Waals surface area (Å²) in [6.45, 7) is 1.09. The molecule has 0 radical (unpaired) electrons. The standard InChI is InChI=1S/C32H33N3O7/c1-38-32(37)25-26(34-35-27(25)31(33)36)29-30(41-19-23-15-9-4-10-16-23)28(40-18-22-13-7-3-8-14-22)24(42-29)20-39-17-21-11-5-2-6-12-21/h2-16,24,28-30H,17-20H2,1H3,(H2,33,36)(H,34,35). The summed E-state index contributed by atoms with van der Waals surface area (Å²) in [5.74, 6) is -1.65. The highest BCUT2D eigenvalue weighted by molar-refractivity contribution is 6.04. The largest absolute Gasteiger partial charge is 0.465 e. The molecule has 1 aliphatic rings. The number of aromatic amines is 1. The van der Waals surface area contributed by atoms with Gasteiger partial charge in [0.15, 0.2) is 5.69 Å². The molecule has 42 heavy (non-hydrogen) atoms. The van der Waals surface area contributed by atoms with Crippen molar-refractivity contribution in [2.75, 3.05) is 13.7 Å². The number of ether oxygens (including phenoxy) is 5. The second-order valence-corrected chi connectivity index (χ2v) is 9.84. The summed E-state index contributed by atoms with van der Waals surface area (Å²) < 4.78 is 30.5. The van der Waals surface area contributed by atoms with Crippen LogP contribution < -0.4 is 5.73 Å². The molecule has 10 heteroatoms. The lowest BCUT2D eigenvalue weighted by Crippen LogP contribution is -2.38. The molecule has 0 spiro atoms. The molecule has 1 fully saturated rings. The van der Waals surface area contributed by atoms with Crippen LogP contribution in [0.15, 0.2) is 91.0 Å². The third-order valence-corrected chi connectivity index (χ3v) is 6.98. The minimum absolute atomic E-state index is 0.101. The van der Waals surface area contributed by atoms with E-state index in [2.05, 4.69) is 10.2 Å². The lowest BCUT2D eigenvalue weighted by molar-refractivity contribution is -0.0898. The fourth-order valence-corrected chi connectivity index (χ4v) is 4.93. The van der Waals surface area contributed by atoms with Gasteiger partial charge in [-0.15, -0.1) is 0 Å². The average molecular weight is 572 g/mol. The third kappa shape index (κ3) is 6.92. The SMILES string of the molecule is COC(=O)c1c(C(N)=O)n[nH]c1C1OC(COCc2ccccc2)C(OCc2ccccc2)C1OCc1ccccc1. The summed E-state index contributed by atoms with van der Waals surface area (Å²) in [5, 5.41) is 6.80. The Bertz CT molecular complexity index is 1450. The van der Waals surface area contributed by atoms with Crippen LogP contribution in [0.5, 0.6) is 0 Å². The van der Waals surface area contributed by atoms with Gasteiger partial charge in [-0.05, 0) is 16.7 Å². The van der Waals surface area contributed by atoms with Crippen LogP contribution in [-0.2, 0) is 43.5 Å². The van der Waals surface area contributed by atoms with Gasteiger partial charge in [-0.1, -0.05) is 91.0 Å². The zero-order valence-corrected chi connectivity index (χ0v) is 23.2. The Morgan fingerprint density at radius 3 is 1.86 bits per heavy atom.